The fourth-order valence-corrected chi connectivity index (χ4v) is 2.35. The topological polar surface area (TPSA) is 98.3 Å². The zero-order valence-corrected chi connectivity index (χ0v) is 12.6. The third-order valence-corrected chi connectivity index (χ3v) is 4.00. The van der Waals surface area contributed by atoms with Crippen LogP contribution in [0.5, 0.6) is 0 Å². The zero-order valence-electron chi connectivity index (χ0n) is 11.0. The van der Waals surface area contributed by atoms with Gasteiger partial charge < -0.3 is 15.2 Å². The van der Waals surface area contributed by atoms with E-state index in [4.69, 9.17) is 0 Å². The summed E-state index contributed by atoms with van der Waals surface area (Å²) in [5.74, 6) is 0.177. The van der Waals surface area contributed by atoms with Crippen LogP contribution in [-0.2, 0) is 25.8 Å². The Bertz CT molecular complexity index is 344. The average Bonchev–Trinajstić information content (AvgIpc) is 2.23. The summed E-state index contributed by atoms with van der Waals surface area (Å²) >= 11 is -0.861. The summed E-state index contributed by atoms with van der Waals surface area (Å²) < 4.78 is 32.8. The lowest BCUT2D eigenvalue weighted by Gasteiger charge is -2.14. The van der Waals surface area contributed by atoms with E-state index in [1.54, 1.807) is 13.3 Å². The maximum atomic E-state index is 11.7. The number of hydrogen-bond acceptors (Lipinski definition) is 5. The van der Waals surface area contributed by atoms with Gasteiger partial charge in [0.1, 0.15) is 21.6 Å². The minimum Gasteiger partial charge on any atom is -0.617 e. The predicted octanol–water partition coefficient (Wildman–Crippen LogP) is -0.943. The van der Waals surface area contributed by atoms with E-state index in [-0.39, 0.29) is 18.1 Å². The van der Waals surface area contributed by atoms with Gasteiger partial charge in [0.05, 0.1) is 12.0 Å². The smallest absolute Gasteiger partial charge is 0.242 e. The van der Waals surface area contributed by atoms with Crippen molar-refractivity contribution in [3.8, 4) is 0 Å². The van der Waals surface area contributed by atoms with Crippen molar-refractivity contribution in [1.29, 1.82) is 0 Å². The fourth-order valence-electron chi connectivity index (χ4n) is 1.22. The van der Waals surface area contributed by atoms with Gasteiger partial charge in [0.2, 0.25) is 5.91 Å². The predicted molar refractivity (Wildman–Crippen MR) is 73.2 cm³/mol. The summed E-state index contributed by atoms with van der Waals surface area (Å²) in [5, 5.41) is 5.36. The largest absolute Gasteiger partial charge is 0.617 e. The summed E-state index contributed by atoms with van der Waals surface area (Å²) in [6.45, 7) is 0.433. The fraction of sp³-hybridized carbons (Fsp3) is 0.800. The van der Waals surface area contributed by atoms with Crippen LogP contribution in [0.1, 0.15) is 12.8 Å². The quantitative estimate of drug-likeness (QED) is 0.423. The molecule has 0 saturated heterocycles. The zero-order chi connectivity index (χ0) is 14.2. The number of sulfone groups is 1. The van der Waals surface area contributed by atoms with Crippen molar-refractivity contribution in [3.05, 3.63) is 6.04 Å². The van der Waals surface area contributed by atoms with Crippen LogP contribution in [0.3, 0.4) is 0 Å². The highest BCUT2D eigenvalue weighted by atomic mass is 32.2. The molecule has 6 nitrogen and oxygen atoms in total. The molecule has 0 bridgehead atoms. The van der Waals surface area contributed by atoms with Crippen LogP contribution in [-0.4, -0.2) is 56.5 Å². The van der Waals surface area contributed by atoms with Gasteiger partial charge in [-0.25, -0.2) is 8.42 Å². The van der Waals surface area contributed by atoms with Crippen LogP contribution in [0.15, 0.2) is 0 Å². The summed E-state index contributed by atoms with van der Waals surface area (Å²) in [5.41, 5.74) is 0. The maximum Gasteiger partial charge on any atom is 0.242 e. The SMILES string of the molecule is CN[C](CCS(C)(=O)=O)C(=O)NCCC[S+](C)[O-]. The Morgan fingerprint density at radius 3 is 2.44 bits per heavy atom. The van der Waals surface area contributed by atoms with Crippen molar-refractivity contribution >= 4 is 26.9 Å². The van der Waals surface area contributed by atoms with E-state index in [1.165, 1.54) is 0 Å². The van der Waals surface area contributed by atoms with Crippen molar-refractivity contribution in [1.82, 2.24) is 10.6 Å². The van der Waals surface area contributed by atoms with Crippen molar-refractivity contribution in [2.45, 2.75) is 12.8 Å². The molecule has 0 aliphatic carbocycles. The van der Waals surface area contributed by atoms with Crippen LogP contribution in [0.25, 0.3) is 0 Å². The highest BCUT2D eigenvalue weighted by Gasteiger charge is 2.19. The van der Waals surface area contributed by atoms with E-state index in [1.807, 2.05) is 0 Å². The number of rotatable bonds is 9. The van der Waals surface area contributed by atoms with Gasteiger partial charge in [0.25, 0.3) is 0 Å². The Balaban J connectivity index is 3.96. The molecule has 0 aromatic rings. The maximum absolute atomic E-state index is 11.7. The Morgan fingerprint density at radius 2 is 2.00 bits per heavy atom. The van der Waals surface area contributed by atoms with E-state index >= 15 is 0 Å². The van der Waals surface area contributed by atoms with Crippen molar-refractivity contribution in [2.75, 3.05) is 37.6 Å². The molecule has 0 rings (SSSR count). The highest BCUT2D eigenvalue weighted by Crippen LogP contribution is 2.03. The van der Waals surface area contributed by atoms with Crippen LogP contribution in [0.2, 0.25) is 0 Å². The number of likely N-dealkylation sites (N-methyl/N-ethyl adjacent to an activating group) is 1. The van der Waals surface area contributed by atoms with E-state index in [9.17, 15) is 17.8 Å². The van der Waals surface area contributed by atoms with Crippen LogP contribution >= 0.6 is 0 Å². The first-order valence-corrected chi connectivity index (χ1v) is 9.34. The van der Waals surface area contributed by atoms with Gasteiger partial charge in [0, 0.05) is 19.2 Å². The molecule has 107 valence electrons. The summed E-state index contributed by atoms with van der Waals surface area (Å²) in [7, 11) is -1.50. The van der Waals surface area contributed by atoms with E-state index in [0.717, 1.165) is 6.26 Å². The molecule has 0 aliphatic rings. The van der Waals surface area contributed by atoms with Crippen molar-refractivity contribution < 1.29 is 17.8 Å². The van der Waals surface area contributed by atoms with Gasteiger partial charge in [-0.1, -0.05) is 11.2 Å². The molecule has 1 atom stereocenters. The number of hydrogen-bond donors (Lipinski definition) is 2. The molecule has 0 aromatic heterocycles. The van der Waals surface area contributed by atoms with Gasteiger partial charge in [-0.15, -0.1) is 0 Å². The molecule has 0 aromatic carbocycles. The van der Waals surface area contributed by atoms with Crippen LogP contribution in [0, 0.1) is 6.04 Å². The van der Waals surface area contributed by atoms with Gasteiger partial charge >= 0.3 is 0 Å². The minimum absolute atomic E-state index is 0.0600. The lowest BCUT2D eigenvalue weighted by molar-refractivity contribution is -0.119. The second-order valence-electron chi connectivity index (χ2n) is 4.00. The van der Waals surface area contributed by atoms with Gasteiger partial charge in [-0.2, -0.15) is 0 Å². The number of nitrogens with one attached hydrogen (secondary N) is 2. The molecule has 1 amide bonds. The monoisotopic (exact) mass is 297 g/mol. The second-order valence-corrected chi connectivity index (χ2v) is 7.81. The average molecular weight is 297 g/mol. The molecular weight excluding hydrogens is 276 g/mol. The minimum atomic E-state index is -3.08. The third kappa shape index (κ3) is 9.69. The Hall–Kier alpha value is -0.310. The van der Waals surface area contributed by atoms with E-state index in [0.29, 0.717) is 24.8 Å². The molecule has 0 heterocycles. The number of carbonyl (C=O) groups excluding carboxylic acids is 1. The molecule has 2 N–H and O–H groups in total. The lowest BCUT2D eigenvalue weighted by atomic mass is 10.2. The third-order valence-electron chi connectivity index (χ3n) is 2.19. The van der Waals surface area contributed by atoms with Crippen molar-refractivity contribution in [3.63, 3.8) is 0 Å². The molecule has 0 aliphatic heterocycles. The molecule has 8 heteroatoms. The van der Waals surface area contributed by atoms with Gasteiger partial charge in [-0.05, 0) is 13.5 Å². The summed E-state index contributed by atoms with van der Waals surface area (Å²) in [4.78, 5) is 11.7. The first-order chi connectivity index (χ1) is 8.26. The van der Waals surface area contributed by atoms with E-state index in [2.05, 4.69) is 10.6 Å². The van der Waals surface area contributed by atoms with Crippen LogP contribution in [0.4, 0.5) is 0 Å². The molecule has 18 heavy (non-hydrogen) atoms. The number of amides is 1. The molecule has 1 radical (unpaired) electrons. The van der Waals surface area contributed by atoms with Gasteiger partial charge in [0.15, 0.2) is 0 Å². The first kappa shape index (κ1) is 17.7. The molecule has 1 unspecified atom stereocenters. The molecule has 0 saturated carbocycles. The first-order valence-electron chi connectivity index (χ1n) is 5.56. The van der Waals surface area contributed by atoms with Gasteiger partial charge in [-0.3, -0.25) is 4.79 Å². The molecule has 0 fully saturated rings. The second kappa shape index (κ2) is 8.73. The van der Waals surface area contributed by atoms with Crippen molar-refractivity contribution in [2.24, 2.45) is 0 Å². The lowest BCUT2D eigenvalue weighted by Crippen LogP contribution is -2.37. The Labute approximate surface area is 112 Å². The van der Waals surface area contributed by atoms with Crippen LogP contribution < -0.4 is 10.6 Å². The normalized spacial score (nSPS) is 13.6. The summed E-state index contributed by atoms with van der Waals surface area (Å²) in [6.07, 6.45) is 3.55. The Morgan fingerprint density at radius 1 is 1.39 bits per heavy atom. The molecule has 0 spiro atoms. The molecular formula is C10H21N2O4S2. The van der Waals surface area contributed by atoms with E-state index < -0.39 is 21.0 Å². The number of carbonyl (C=O) groups is 1. The Kier molecular flexibility index (Phi) is 8.58. The highest BCUT2D eigenvalue weighted by molar-refractivity contribution is 7.90. The summed E-state index contributed by atoms with van der Waals surface area (Å²) in [6, 6.07) is 0.345. The standard InChI is InChI=1S/C10H21N2O4S2/c1-11-9(5-8-18(3,15)16)10(13)12-6-4-7-17(2)14/h11H,4-8H2,1-3H3,(H,12,13).